The van der Waals surface area contributed by atoms with Crippen molar-refractivity contribution in [2.45, 2.75) is 22.3 Å². The average molecular weight is 455 g/mol. The molecular weight excluding hydrogens is 436 g/mol. The van der Waals surface area contributed by atoms with E-state index in [-0.39, 0.29) is 4.90 Å². The monoisotopic (exact) mass is 454 g/mol. The van der Waals surface area contributed by atoms with Crippen molar-refractivity contribution in [1.82, 2.24) is 9.29 Å². The van der Waals surface area contributed by atoms with Crippen molar-refractivity contribution in [3.8, 4) is 11.5 Å². The van der Waals surface area contributed by atoms with Crippen LogP contribution in [0.1, 0.15) is 12.0 Å². The molecule has 0 atom stereocenters. The summed E-state index contributed by atoms with van der Waals surface area (Å²) in [6.07, 6.45) is 0.809. The van der Waals surface area contributed by atoms with Gasteiger partial charge >= 0.3 is 0 Å². The highest BCUT2D eigenvalue weighted by Gasteiger charge is 2.19. The number of benzene rings is 2. The first-order chi connectivity index (χ1) is 13.8. The zero-order valence-electron chi connectivity index (χ0n) is 15.8. The number of hydrogen-bond acceptors (Lipinski definition) is 7. The molecule has 0 bridgehead atoms. The first-order valence-electron chi connectivity index (χ1n) is 8.88. The van der Waals surface area contributed by atoms with E-state index in [1.165, 1.54) is 38.0 Å². The molecule has 0 radical (unpaired) electrons. The summed E-state index contributed by atoms with van der Waals surface area (Å²) in [5, 5.41) is 0.957. The van der Waals surface area contributed by atoms with Crippen molar-refractivity contribution in [3.05, 3.63) is 40.9 Å². The second kappa shape index (κ2) is 8.06. The molecular formula is C19H19ClN2O5S2. The number of halogens is 1. The number of hydrogen-bond donors (Lipinski definition) is 0. The van der Waals surface area contributed by atoms with E-state index in [2.05, 4.69) is 4.98 Å². The Kier molecular flexibility index (Phi) is 5.65. The zero-order valence-corrected chi connectivity index (χ0v) is 18.2. The fourth-order valence-corrected chi connectivity index (χ4v) is 4.81. The van der Waals surface area contributed by atoms with Gasteiger partial charge in [-0.15, -0.1) is 0 Å². The number of rotatable bonds is 5. The summed E-state index contributed by atoms with van der Waals surface area (Å²) in [6.45, 7) is 1.17. The van der Waals surface area contributed by atoms with Crippen LogP contribution < -0.4 is 9.47 Å². The molecule has 1 aromatic heterocycles. The van der Waals surface area contributed by atoms with Gasteiger partial charge in [0.05, 0.1) is 23.1 Å². The maximum absolute atomic E-state index is 12.3. The average Bonchev–Trinajstić information content (AvgIpc) is 2.94. The van der Waals surface area contributed by atoms with Gasteiger partial charge in [0, 0.05) is 26.3 Å². The van der Waals surface area contributed by atoms with Crippen LogP contribution in [0.4, 0.5) is 0 Å². The fourth-order valence-electron chi connectivity index (χ4n) is 2.83. The Labute approximate surface area is 178 Å². The fraction of sp³-hybridized carbons (Fsp3) is 0.316. The van der Waals surface area contributed by atoms with Gasteiger partial charge in [-0.25, -0.2) is 17.7 Å². The minimum Gasteiger partial charge on any atom is -0.489 e. The van der Waals surface area contributed by atoms with E-state index in [0.29, 0.717) is 51.8 Å². The molecule has 0 amide bonds. The first-order valence-corrected chi connectivity index (χ1v) is 11.7. The Bertz CT molecular complexity index is 1160. The van der Waals surface area contributed by atoms with Crippen molar-refractivity contribution in [3.63, 3.8) is 0 Å². The molecule has 7 nitrogen and oxygen atoms in total. The maximum atomic E-state index is 12.3. The van der Waals surface area contributed by atoms with E-state index in [9.17, 15) is 8.42 Å². The molecule has 29 heavy (non-hydrogen) atoms. The lowest BCUT2D eigenvalue weighted by Crippen LogP contribution is -2.22. The lowest BCUT2D eigenvalue weighted by Gasteiger charge is -2.11. The summed E-state index contributed by atoms with van der Waals surface area (Å²) in [5.74, 6) is 1.78. The molecule has 154 valence electrons. The molecule has 0 saturated heterocycles. The van der Waals surface area contributed by atoms with Crippen LogP contribution in [0.2, 0.25) is 5.02 Å². The lowest BCUT2D eigenvalue weighted by atomic mass is 10.2. The lowest BCUT2D eigenvalue weighted by molar-refractivity contribution is 0.297. The molecule has 10 heteroatoms. The van der Waals surface area contributed by atoms with Gasteiger partial charge < -0.3 is 13.9 Å². The Morgan fingerprint density at radius 1 is 1.17 bits per heavy atom. The highest BCUT2D eigenvalue weighted by molar-refractivity contribution is 7.98. The summed E-state index contributed by atoms with van der Waals surface area (Å²) in [4.78, 5) is 4.59. The molecule has 4 rings (SSSR count). The van der Waals surface area contributed by atoms with E-state index in [0.717, 1.165) is 16.3 Å². The number of oxazole rings is 1. The van der Waals surface area contributed by atoms with Gasteiger partial charge in [0.25, 0.3) is 5.22 Å². The third-order valence-electron chi connectivity index (χ3n) is 4.34. The highest BCUT2D eigenvalue weighted by atomic mass is 35.5. The molecule has 2 aromatic carbocycles. The topological polar surface area (TPSA) is 81.9 Å². The molecule has 0 unspecified atom stereocenters. The van der Waals surface area contributed by atoms with Crippen molar-refractivity contribution in [1.29, 1.82) is 0 Å². The van der Waals surface area contributed by atoms with Gasteiger partial charge in [-0.1, -0.05) is 23.4 Å². The number of ether oxygens (including phenoxy) is 2. The number of aromatic nitrogens is 1. The van der Waals surface area contributed by atoms with E-state index in [4.69, 9.17) is 25.5 Å². The summed E-state index contributed by atoms with van der Waals surface area (Å²) in [5.41, 5.74) is 1.97. The van der Waals surface area contributed by atoms with Gasteiger partial charge in [0.2, 0.25) is 10.0 Å². The predicted molar refractivity (Wildman–Crippen MR) is 112 cm³/mol. The number of sulfonamides is 1. The third-order valence-corrected chi connectivity index (χ3v) is 7.33. The van der Waals surface area contributed by atoms with Crippen LogP contribution in [0.25, 0.3) is 11.1 Å². The van der Waals surface area contributed by atoms with E-state index in [1.54, 1.807) is 6.07 Å². The minimum absolute atomic E-state index is 0.175. The van der Waals surface area contributed by atoms with Crippen molar-refractivity contribution < 1.29 is 22.3 Å². The number of nitrogens with zero attached hydrogens (tertiary/aromatic N) is 2. The van der Waals surface area contributed by atoms with Gasteiger partial charge in [0.15, 0.2) is 17.1 Å². The third kappa shape index (κ3) is 4.18. The summed E-state index contributed by atoms with van der Waals surface area (Å²) in [7, 11) is -0.546. The Morgan fingerprint density at radius 2 is 1.97 bits per heavy atom. The van der Waals surface area contributed by atoms with Crippen molar-refractivity contribution >= 4 is 44.5 Å². The number of thioether (sulfide) groups is 1. The standard InChI is InChI=1S/C19H19ClN2O5S2/c1-22(2)29(23,24)13-4-5-16-15(10-13)21-19(27-16)28-11-12-8-14(20)18-17(9-12)25-6-3-7-26-18/h4-5,8-10H,3,6-7,11H2,1-2H3. The molecule has 1 aliphatic rings. The Balaban J connectivity index is 1.55. The van der Waals surface area contributed by atoms with Crippen LogP contribution in [0.15, 0.2) is 44.9 Å². The second-order valence-corrected chi connectivity index (χ2v) is 10.1. The number of fused-ring (bicyclic) bond motifs is 2. The van der Waals surface area contributed by atoms with Gasteiger partial charge in [0.1, 0.15) is 5.52 Å². The Morgan fingerprint density at radius 3 is 2.76 bits per heavy atom. The smallest absolute Gasteiger partial charge is 0.257 e. The molecule has 0 N–H and O–H groups in total. The first kappa shape index (κ1) is 20.3. The maximum Gasteiger partial charge on any atom is 0.257 e. The normalized spacial score (nSPS) is 14.3. The zero-order chi connectivity index (χ0) is 20.6. The van der Waals surface area contributed by atoms with Crippen LogP contribution in [-0.4, -0.2) is 45.0 Å². The van der Waals surface area contributed by atoms with Crippen LogP contribution in [-0.2, 0) is 15.8 Å². The molecule has 1 aliphatic heterocycles. The molecule has 3 aromatic rings. The van der Waals surface area contributed by atoms with Gasteiger partial charge in [-0.3, -0.25) is 0 Å². The SMILES string of the molecule is CN(C)S(=O)(=O)c1ccc2oc(SCc3cc(Cl)c4c(c3)OCCCO4)nc2c1. The van der Waals surface area contributed by atoms with Crippen LogP contribution in [0, 0.1) is 0 Å². The Hall–Kier alpha value is -1.94. The van der Waals surface area contributed by atoms with E-state index >= 15 is 0 Å². The molecule has 0 spiro atoms. The molecule has 0 saturated carbocycles. The highest BCUT2D eigenvalue weighted by Crippen LogP contribution is 2.39. The summed E-state index contributed by atoms with van der Waals surface area (Å²) >= 11 is 7.73. The summed E-state index contributed by atoms with van der Waals surface area (Å²) < 4.78 is 42.8. The molecule has 0 fully saturated rings. The van der Waals surface area contributed by atoms with Crippen molar-refractivity contribution in [2.24, 2.45) is 0 Å². The van der Waals surface area contributed by atoms with Crippen LogP contribution >= 0.6 is 23.4 Å². The minimum atomic E-state index is -3.53. The predicted octanol–water partition coefficient (Wildman–Crippen LogP) is 4.19. The van der Waals surface area contributed by atoms with Crippen LogP contribution in [0.5, 0.6) is 11.5 Å². The molecule has 0 aliphatic carbocycles. The van der Waals surface area contributed by atoms with Crippen molar-refractivity contribution in [2.75, 3.05) is 27.3 Å². The van der Waals surface area contributed by atoms with Gasteiger partial charge in [-0.2, -0.15) is 0 Å². The second-order valence-electron chi connectivity index (χ2n) is 6.64. The molecule has 2 heterocycles. The van der Waals surface area contributed by atoms with E-state index in [1.807, 2.05) is 12.1 Å². The quantitative estimate of drug-likeness (QED) is 0.534. The van der Waals surface area contributed by atoms with Crippen LogP contribution in [0.3, 0.4) is 0 Å². The largest absolute Gasteiger partial charge is 0.489 e. The van der Waals surface area contributed by atoms with E-state index < -0.39 is 10.0 Å². The van der Waals surface area contributed by atoms with Gasteiger partial charge in [-0.05, 0) is 35.9 Å². The summed E-state index contributed by atoms with van der Waals surface area (Å²) in [6, 6.07) is 8.40.